The summed E-state index contributed by atoms with van der Waals surface area (Å²) in [5.41, 5.74) is 0. The van der Waals surface area contributed by atoms with E-state index in [9.17, 15) is 4.79 Å². The first-order chi connectivity index (χ1) is 8.18. The molecule has 0 aliphatic carbocycles. The molecule has 94 valence electrons. The van der Waals surface area contributed by atoms with Gasteiger partial charge in [0, 0.05) is 31.0 Å². The lowest BCUT2D eigenvalue weighted by atomic mass is 10.3. The SMILES string of the molecule is CC(=O)NCCNCCOc1cccc(Br)c1. The van der Waals surface area contributed by atoms with Crippen LogP contribution in [-0.2, 0) is 4.79 Å². The van der Waals surface area contributed by atoms with Crippen molar-refractivity contribution in [3.63, 3.8) is 0 Å². The summed E-state index contributed by atoms with van der Waals surface area (Å²) in [6.07, 6.45) is 0. The van der Waals surface area contributed by atoms with Crippen molar-refractivity contribution in [1.29, 1.82) is 0 Å². The van der Waals surface area contributed by atoms with E-state index in [1.54, 1.807) is 0 Å². The minimum Gasteiger partial charge on any atom is -0.492 e. The van der Waals surface area contributed by atoms with E-state index in [-0.39, 0.29) is 5.91 Å². The highest BCUT2D eigenvalue weighted by molar-refractivity contribution is 9.10. The van der Waals surface area contributed by atoms with Gasteiger partial charge in [0.15, 0.2) is 0 Å². The topological polar surface area (TPSA) is 50.4 Å². The molecule has 5 heteroatoms. The molecule has 1 aromatic carbocycles. The van der Waals surface area contributed by atoms with Crippen molar-refractivity contribution >= 4 is 21.8 Å². The Morgan fingerprint density at radius 3 is 2.88 bits per heavy atom. The molecule has 0 aromatic heterocycles. The van der Waals surface area contributed by atoms with Crippen molar-refractivity contribution in [1.82, 2.24) is 10.6 Å². The second kappa shape index (κ2) is 8.08. The first kappa shape index (κ1) is 14.0. The highest BCUT2D eigenvalue weighted by Crippen LogP contribution is 2.17. The smallest absolute Gasteiger partial charge is 0.216 e. The zero-order valence-electron chi connectivity index (χ0n) is 9.83. The number of amides is 1. The zero-order chi connectivity index (χ0) is 12.5. The third-order valence-electron chi connectivity index (χ3n) is 2.02. The van der Waals surface area contributed by atoms with Gasteiger partial charge in [-0.25, -0.2) is 0 Å². The fourth-order valence-corrected chi connectivity index (χ4v) is 1.63. The van der Waals surface area contributed by atoms with Gasteiger partial charge < -0.3 is 15.4 Å². The maximum Gasteiger partial charge on any atom is 0.216 e. The van der Waals surface area contributed by atoms with Crippen LogP contribution in [0.5, 0.6) is 5.75 Å². The largest absolute Gasteiger partial charge is 0.492 e. The average Bonchev–Trinajstić information content (AvgIpc) is 2.27. The summed E-state index contributed by atoms with van der Waals surface area (Å²) in [5, 5.41) is 5.89. The van der Waals surface area contributed by atoms with E-state index in [1.807, 2.05) is 24.3 Å². The van der Waals surface area contributed by atoms with Gasteiger partial charge in [-0.15, -0.1) is 0 Å². The van der Waals surface area contributed by atoms with Crippen LogP contribution < -0.4 is 15.4 Å². The van der Waals surface area contributed by atoms with E-state index in [0.29, 0.717) is 13.2 Å². The molecule has 1 amide bonds. The molecule has 0 fully saturated rings. The fourth-order valence-electron chi connectivity index (χ4n) is 1.25. The summed E-state index contributed by atoms with van der Waals surface area (Å²) in [5.74, 6) is 0.847. The summed E-state index contributed by atoms with van der Waals surface area (Å²) >= 11 is 3.38. The molecular formula is C12H17BrN2O2. The minimum absolute atomic E-state index is 0.00261. The molecule has 1 rings (SSSR count). The standard InChI is InChI=1S/C12H17BrN2O2/c1-10(16)15-6-5-14-7-8-17-12-4-2-3-11(13)9-12/h2-4,9,14H,5-8H2,1H3,(H,15,16). The maximum absolute atomic E-state index is 10.6. The van der Waals surface area contributed by atoms with Crippen molar-refractivity contribution < 1.29 is 9.53 Å². The van der Waals surface area contributed by atoms with E-state index in [0.717, 1.165) is 23.3 Å². The molecule has 0 aliphatic heterocycles. The van der Waals surface area contributed by atoms with Gasteiger partial charge in [0.1, 0.15) is 12.4 Å². The molecule has 0 atom stereocenters. The van der Waals surface area contributed by atoms with Crippen molar-refractivity contribution in [2.75, 3.05) is 26.2 Å². The first-order valence-electron chi connectivity index (χ1n) is 5.52. The number of ether oxygens (including phenoxy) is 1. The van der Waals surface area contributed by atoms with Crippen LogP contribution in [0.25, 0.3) is 0 Å². The molecule has 0 unspecified atom stereocenters. The van der Waals surface area contributed by atoms with Crippen LogP contribution in [0.1, 0.15) is 6.92 Å². The predicted molar refractivity (Wildman–Crippen MR) is 71.2 cm³/mol. The van der Waals surface area contributed by atoms with Crippen molar-refractivity contribution in [3.8, 4) is 5.75 Å². The molecule has 4 nitrogen and oxygen atoms in total. The molecule has 0 heterocycles. The second-order valence-electron chi connectivity index (χ2n) is 3.54. The van der Waals surface area contributed by atoms with Gasteiger partial charge in [-0.3, -0.25) is 4.79 Å². The maximum atomic E-state index is 10.6. The lowest BCUT2D eigenvalue weighted by molar-refractivity contribution is -0.118. The van der Waals surface area contributed by atoms with Gasteiger partial charge in [0.05, 0.1) is 0 Å². The van der Waals surface area contributed by atoms with Crippen LogP contribution in [0, 0.1) is 0 Å². The Balaban J connectivity index is 2.03. The van der Waals surface area contributed by atoms with E-state index in [1.165, 1.54) is 6.92 Å². The molecular weight excluding hydrogens is 284 g/mol. The lowest BCUT2D eigenvalue weighted by Gasteiger charge is -2.08. The van der Waals surface area contributed by atoms with E-state index in [2.05, 4.69) is 26.6 Å². The van der Waals surface area contributed by atoms with E-state index in [4.69, 9.17) is 4.74 Å². The number of carbonyl (C=O) groups excluding carboxylic acids is 1. The van der Waals surface area contributed by atoms with Crippen molar-refractivity contribution in [2.45, 2.75) is 6.92 Å². The van der Waals surface area contributed by atoms with Crippen LogP contribution in [-0.4, -0.2) is 32.1 Å². The molecule has 0 saturated heterocycles. The Labute approximate surface area is 110 Å². The highest BCUT2D eigenvalue weighted by atomic mass is 79.9. The van der Waals surface area contributed by atoms with Crippen LogP contribution in [0.15, 0.2) is 28.7 Å². The fraction of sp³-hybridized carbons (Fsp3) is 0.417. The first-order valence-corrected chi connectivity index (χ1v) is 6.31. The Morgan fingerprint density at radius 1 is 1.35 bits per heavy atom. The molecule has 2 N–H and O–H groups in total. The Kier molecular flexibility index (Phi) is 6.65. The van der Waals surface area contributed by atoms with Crippen molar-refractivity contribution in [2.24, 2.45) is 0 Å². The monoisotopic (exact) mass is 300 g/mol. The number of halogens is 1. The molecule has 17 heavy (non-hydrogen) atoms. The molecule has 1 aromatic rings. The number of nitrogens with one attached hydrogen (secondary N) is 2. The third-order valence-corrected chi connectivity index (χ3v) is 2.51. The molecule has 0 bridgehead atoms. The van der Waals surface area contributed by atoms with Crippen LogP contribution in [0.2, 0.25) is 0 Å². The summed E-state index contributed by atoms with van der Waals surface area (Å²) < 4.78 is 6.54. The molecule has 0 aliphatic rings. The number of hydrogen-bond donors (Lipinski definition) is 2. The zero-order valence-corrected chi connectivity index (χ0v) is 11.4. The average molecular weight is 301 g/mol. The van der Waals surface area contributed by atoms with E-state index < -0.39 is 0 Å². The normalized spacial score (nSPS) is 10.0. The number of hydrogen-bond acceptors (Lipinski definition) is 3. The quantitative estimate of drug-likeness (QED) is 0.751. The summed E-state index contributed by atoms with van der Waals surface area (Å²) in [7, 11) is 0. The van der Waals surface area contributed by atoms with Gasteiger partial charge in [-0.1, -0.05) is 22.0 Å². The lowest BCUT2D eigenvalue weighted by Crippen LogP contribution is -2.32. The van der Waals surface area contributed by atoms with Crippen LogP contribution >= 0.6 is 15.9 Å². The molecule has 0 saturated carbocycles. The third kappa shape index (κ3) is 6.97. The van der Waals surface area contributed by atoms with Gasteiger partial charge in [-0.05, 0) is 18.2 Å². The van der Waals surface area contributed by atoms with Gasteiger partial charge in [0.2, 0.25) is 5.91 Å². The molecule has 0 spiro atoms. The van der Waals surface area contributed by atoms with Gasteiger partial charge in [0.25, 0.3) is 0 Å². The van der Waals surface area contributed by atoms with Gasteiger partial charge in [-0.2, -0.15) is 0 Å². The van der Waals surface area contributed by atoms with Crippen molar-refractivity contribution in [3.05, 3.63) is 28.7 Å². The number of carbonyl (C=O) groups is 1. The minimum atomic E-state index is -0.00261. The Hall–Kier alpha value is -1.07. The van der Waals surface area contributed by atoms with Crippen LogP contribution in [0.4, 0.5) is 0 Å². The number of rotatable bonds is 7. The van der Waals surface area contributed by atoms with E-state index >= 15 is 0 Å². The number of benzene rings is 1. The van der Waals surface area contributed by atoms with Gasteiger partial charge >= 0.3 is 0 Å². The highest BCUT2D eigenvalue weighted by Gasteiger charge is 1.94. The second-order valence-corrected chi connectivity index (χ2v) is 4.45. The summed E-state index contributed by atoms with van der Waals surface area (Å²) in [6.45, 7) is 4.27. The summed E-state index contributed by atoms with van der Waals surface area (Å²) in [4.78, 5) is 10.6. The predicted octanol–water partition coefficient (Wildman–Crippen LogP) is 1.55. The summed E-state index contributed by atoms with van der Waals surface area (Å²) in [6, 6.07) is 7.74. The Morgan fingerprint density at radius 2 is 2.18 bits per heavy atom. The Bertz CT molecular complexity index is 358. The molecule has 0 radical (unpaired) electrons. The van der Waals surface area contributed by atoms with Crippen LogP contribution in [0.3, 0.4) is 0 Å².